The molecule has 19 heavy (non-hydrogen) atoms. The highest BCUT2D eigenvalue weighted by atomic mass is 16.5. The van der Waals surface area contributed by atoms with Crippen molar-refractivity contribution in [1.82, 2.24) is 9.78 Å². The highest BCUT2D eigenvalue weighted by Crippen LogP contribution is 2.41. The molecule has 1 aliphatic rings. The SMILES string of the molecule is COc1ccc2c(c1)OC(c1cnn(C)c1)C[C@@H]2N. The van der Waals surface area contributed by atoms with E-state index in [2.05, 4.69) is 5.10 Å². The third-order valence-corrected chi connectivity index (χ3v) is 3.45. The summed E-state index contributed by atoms with van der Waals surface area (Å²) in [4.78, 5) is 0. The fraction of sp³-hybridized carbons (Fsp3) is 0.357. The molecule has 5 nitrogen and oxygen atoms in total. The van der Waals surface area contributed by atoms with E-state index >= 15 is 0 Å². The minimum absolute atomic E-state index is 0.0279. The first-order chi connectivity index (χ1) is 9.17. The number of aryl methyl sites for hydroxylation is 1. The first-order valence-corrected chi connectivity index (χ1v) is 6.26. The van der Waals surface area contributed by atoms with E-state index in [9.17, 15) is 0 Å². The van der Waals surface area contributed by atoms with Gasteiger partial charge in [-0.1, -0.05) is 6.07 Å². The van der Waals surface area contributed by atoms with E-state index in [0.29, 0.717) is 0 Å². The van der Waals surface area contributed by atoms with Crippen molar-refractivity contribution in [3.63, 3.8) is 0 Å². The van der Waals surface area contributed by atoms with Crippen molar-refractivity contribution >= 4 is 0 Å². The van der Waals surface area contributed by atoms with Crippen LogP contribution in [-0.2, 0) is 7.05 Å². The molecular formula is C14H17N3O2. The first kappa shape index (κ1) is 12.0. The van der Waals surface area contributed by atoms with Crippen LogP contribution in [0.2, 0.25) is 0 Å². The molecule has 5 heteroatoms. The van der Waals surface area contributed by atoms with Gasteiger partial charge >= 0.3 is 0 Å². The van der Waals surface area contributed by atoms with Crippen LogP contribution in [0.3, 0.4) is 0 Å². The molecule has 1 aliphatic heterocycles. The molecule has 0 radical (unpaired) electrons. The molecule has 0 saturated carbocycles. The average Bonchev–Trinajstić information content (AvgIpc) is 2.84. The van der Waals surface area contributed by atoms with Gasteiger partial charge in [-0.05, 0) is 6.07 Å². The second-order valence-corrected chi connectivity index (χ2v) is 4.80. The lowest BCUT2D eigenvalue weighted by Crippen LogP contribution is -2.23. The number of hydrogen-bond donors (Lipinski definition) is 1. The molecule has 0 spiro atoms. The predicted molar refractivity (Wildman–Crippen MR) is 71.1 cm³/mol. The Morgan fingerprint density at radius 1 is 1.47 bits per heavy atom. The lowest BCUT2D eigenvalue weighted by atomic mass is 9.95. The Labute approximate surface area is 111 Å². The normalized spacial score (nSPS) is 21.6. The van der Waals surface area contributed by atoms with Gasteiger partial charge in [0.25, 0.3) is 0 Å². The molecule has 0 bridgehead atoms. The van der Waals surface area contributed by atoms with Gasteiger partial charge in [0, 0.05) is 42.9 Å². The maximum Gasteiger partial charge on any atom is 0.129 e. The minimum atomic E-state index is -0.0525. The highest BCUT2D eigenvalue weighted by Gasteiger charge is 2.28. The molecule has 3 rings (SSSR count). The Morgan fingerprint density at radius 2 is 2.32 bits per heavy atom. The van der Waals surface area contributed by atoms with Crippen LogP contribution in [0.1, 0.15) is 29.7 Å². The van der Waals surface area contributed by atoms with Crippen LogP contribution in [0.4, 0.5) is 0 Å². The van der Waals surface area contributed by atoms with Crippen molar-refractivity contribution in [2.45, 2.75) is 18.6 Å². The van der Waals surface area contributed by atoms with Crippen molar-refractivity contribution in [2.75, 3.05) is 7.11 Å². The summed E-state index contributed by atoms with van der Waals surface area (Å²) in [5.41, 5.74) is 8.30. The average molecular weight is 259 g/mol. The van der Waals surface area contributed by atoms with Crippen LogP contribution in [-0.4, -0.2) is 16.9 Å². The van der Waals surface area contributed by atoms with Crippen LogP contribution in [0, 0.1) is 0 Å². The summed E-state index contributed by atoms with van der Waals surface area (Å²) in [5, 5.41) is 4.18. The Morgan fingerprint density at radius 3 is 3.00 bits per heavy atom. The number of fused-ring (bicyclic) bond motifs is 1. The molecule has 0 amide bonds. The van der Waals surface area contributed by atoms with Gasteiger partial charge in [-0.15, -0.1) is 0 Å². The van der Waals surface area contributed by atoms with Gasteiger partial charge in [-0.25, -0.2) is 0 Å². The van der Waals surface area contributed by atoms with Crippen LogP contribution >= 0.6 is 0 Å². The van der Waals surface area contributed by atoms with Gasteiger partial charge < -0.3 is 15.2 Å². The number of aromatic nitrogens is 2. The number of rotatable bonds is 2. The molecule has 2 atom stereocenters. The number of hydrogen-bond acceptors (Lipinski definition) is 4. The predicted octanol–water partition coefficient (Wildman–Crippen LogP) is 1.95. The van der Waals surface area contributed by atoms with Gasteiger partial charge in [0.05, 0.1) is 13.3 Å². The van der Waals surface area contributed by atoms with E-state index in [1.54, 1.807) is 11.8 Å². The zero-order chi connectivity index (χ0) is 13.4. The number of ether oxygens (including phenoxy) is 2. The van der Waals surface area contributed by atoms with Crippen LogP contribution in [0.25, 0.3) is 0 Å². The second kappa shape index (κ2) is 4.59. The van der Waals surface area contributed by atoms with E-state index in [1.807, 2.05) is 37.6 Å². The Bertz CT molecular complexity index is 594. The van der Waals surface area contributed by atoms with Crippen LogP contribution in [0.5, 0.6) is 11.5 Å². The summed E-state index contributed by atoms with van der Waals surface area (Å²) in [5.74, 6) is 1.57. The molecule has 2 heterocycles. The van der Waals surface area contributed by atoms with Crippen molar-refractivity contribution in [3.8, 4) is 11.5 Å². The number of benzene rings is 1. The van der Waals surface area contributed by atoms with E-state index in [0.717, 1.165) is 29.0 Å². The van der Waals surface area contributed by atoms with Crippen molar-refractivity contribution in [2.24, 2.45) is 12.8 Å². The summed E-state index contributed by atoms with van der Waals surface area (Å²) >= 11 is 0. The van der Waals surface area contributed by atoms with Crippen LogP contribution < -0.4 is 15.2 Å². The van der Waals surface area contributed by atoms with Crippen LogP contribution in [0.15, 0.2) is 30.6 Å². The standard InChI is InChI=1S/C14H17N3O2/c1-17-8-9(7-16-17)13-6-12(15)11-4-3-10(18-2)5-14(11)19-13/h3-5,7-8,12-13H,6,15H2,1-2H3/t12-,13?/m0/s1. The number of nitrogens with zero attached hydrogens (tertiary/aromatic N) is 2. The maximum atomic E-state index is 6.22. The van der Waals surface area contributed by atoms with Crippen molar-refractivity contribution in [3.05, 3.63) is 41.7 Å². The Balaban J connectivity index is 1.93. The molecule has 1 aromatic heterocycles. The summed E-state index contributed by atoms with van der Waals surface area (Å²) in [6.07, 6.45) is 4.49. The smallest absolute Gasteiger partial charge is 0.129 e. The second-order valence-electron chi connectivity index (χ2n) is 4.80. The van der Waals surface area contributed by atoms with E-state index in [1.165, 1.54) is 0 Å². The molecule has 1 unspecified atom stereocenters. The Hall–Kier alpha value is -2.01. The lowest BCUT2D eigenvalue weighted by molar-refractivity contribution is 0.161. The highest BCUT2D eigenvalue weighted by molar-refractivity contribution is 5.44. The zero-order valence-electron chi connectivity index (χ0n) is 11.0. The van der Waals surface area contributed by atoms with Gasteiger partial charge in [0.1, 0.15) is 17.6 Å². The van der Waals surface area contributed by atoms with Gasteiger partial charge in [-0.3, -0.25) is 4.68 Å². The zero-order valence-corrected chi connectivity index (χ0v) is 11.0. The third kappa shape index (κ3) is 2.17. The lowest BCUT2D eigenvalue weighted by Gasteiger charge is -2.30. The molecule has 0 aliphatic carbocycles. The van der Waals surface area contributed by atoms with Gasteiger partial charge in [-0.2, -0.15) is 5.10 Å². The monoisotopic (exact) mass is 259 g/mol. The maximum absolute atomic E-state index is 6.22. The quantitative estimate of drug-likeness (QED) is 0.895. The number of methoxy groups -OCH3 is 1. The fourth-order valence-electron chi connectivity index (χ4n) is 2.42. The Kier molecular flexibility index (Phi) is 2.91. The summed E-state index contributed by atoms with van der Waals surface area (Å²) in [7, 11) is 3.53. The van der Waals surface area contributed by atoms with Crippen molar-refractivity contribution in [1.29, 1.82) is 0 Å². The molecule has 0 saturated heterocycles. The topological polar surface area (TPSA) is 62.3 Å². The molecule has 100 valence electrons. The minimum Gasteiger partial charge on any atom is -0.497 e. The van der Waals surface area contributed by atoms with E-state index < -0.39 is 0 Å². The van der Waals surface area contributed by atoms with Crippen molar-refractivity contribution < 1.29 is 9.47 Å². The summed E-state index contributed by atoms with van der Waals surface area (Å²) in [6, 6.07) is 5.74. The fourth-order valence-corrected chi connectivity index (χ4v) is 2.42. The van der Waals surface area contributed by atoms with E-state index in [4.69, 9.17) is 15.2 Å². The van der Waals surface area contributed by atoms with E-state index in [-0.39, 0.29) is 12.1 Å². The third-order valence-electron chi connectivity index (χ3n) is 3.45. The molecular weight excluding hydrogens is 242 g/mol. The number of nitrogens with two attached hydrogens (primary N) is 1. The largest absolute Gasteiger partial charge is 0.497 e. The van der Waals surface area contributed by atoms with Gasteiger partial charge in [0.15, 0.2) is 0 Å². The molecule has 2 aromatic rings. The summed E-state index contributed by atoms with van der Waals surface area (Å²) in [6.45, 7) is 0. The molecule has 1 aromatic carbocycles. The first-order valence-electron chi connectivity index (χ1n) is 6.26. The molecule has 0 fully saturated rings. The summed E-state index contributed by atoms with van der Waals surface area (Å²) < 4.78 is 13.0. The van der Waals surface area contributed by atoms with Gasteiger partial charge in [0.2, 0.25) is 0 Å². The molecule has 2 N–H and O–H groups in total.